The SMILES string of the molecule is CCC[C@@H](C)[C@H]1CCC2[C@H]3C(CC[C@@]21C)[C@@]1(C)CC[C@@H](C)C[C@H]1[C@@H](CC)[C@H]3O.CC[C@H]1C(=O)[C@H]2C3CC[C@H]([C@H](C)CC(=O)O)[C@@]3(C)CCC2[C@@]2(C)CC[C@@H](C)C[C@@H]12. The molecular weight excluding hydrogens is 701 g/mol. The number of ketones is 1. The highest BCUT2D eigenvalue weighted by atomic mass is 16.4. The first-order valence-electron chi connectivity index (χ1n) is 25.3. The summed E-state index contributed by atoms with van der Waals surface area (Å²) in [6.07, 6.45) is 23.4. The average molecular weight is 791 g/mol. The number of hydrogen-bond acceptors (Lipinski definition) is 3. The Bertz CT molecular complexity index is 1440. The minimum atomic E-state index is -0.676. The van der Waals surface area contributed by atoms with Crippen LogP contribution in [0.3, 0.4) is 0 Å². The van der Waals surface area contributed by atoms with E-state index < -0.39 is 5.97 Å². The van der Waals surface area contributed by atoms with Crippen LogP contribution in [0.1, 0.15) is 198 Å². The predicted octanol–water partition coefficient (Wildman–Crippen LogP) is 13.5. The Balaban J connectivity index is 0.000000174. The van der Waals surface area contributed by atoms with Gasteiger partial charge in [-0.15, -0.1) is 0 Å². The molecule has 0 aliphatic heterocycles. The molecule has 8 saturated carbocycles. The number of hydrogen-bond donors (Lipinski definition) is 2. The standard InChI is InChI=1S/C27H48O.C26H42O3/c1-7-9-18(4)20-10-11-21-24-22(13-15-26(20,21)5)27(6)14-12-17(3)16-23(27)19(8-2)25(24)28;1-6-17-21-13-15(2)9-11-26(21,5)20-10-12-25(4)18(16(3)14-22(27)28)7-8-19(25)23(20)24(17)29/h17-25,28H,7-16H2,1-6H3;15-21,23H,6-14H2,1-5H3,(H,27,28)/t17-,18-,19-,20-,21?,22?,23+,24+,25-,26-,27-;15-,16-,17-,18-,19?,20?,21+,23+,25-,26-/m11/s1. The molecular formula is C53H90O4. The number of carbonyl (C=O) groups excluding carboxylic acids is 1. The highest BCUT2D eigenvalue weighted by molar-refractivity contribution is 5.86. The number of carboxylic acid groups (broad SMARTS) is 1. The monoisotopic (exact) mass is 791 g/mol. The molecule has 0 aromatic heterocycles. The Morgan fingerprint density at radius 2 is 1.14 bits per heavy atom. The Morgan fingerprint density at radius 1 is 0.649 bits per heavy atom. The van der Waals surface area contributed by atoms with Gasteiger partial charge in [0, 0.05) is 18.3 Å². The first kappa shape index (κ1) is 44.2. The summed E-state index contributed by atoms with van der Waals surface area (Å²) in [5, 5.41) is 21.1. The van der Waals surface area contributed by atoms with Crippen molar-refractivity contribution in [3.63, 3.8) is 0 Å². The molecule has 0 bridgehead atoms. The van der Waals surface area contributed by atoms with Gasteiger partial charge in [0.25, 0.3) is 0 Å². The van der Waals surface area contributed by atoms with Crippen LogP contribution in [-0.2, 0) is 9.59 Å². The van der Waals surface area contributed by atoms with E-state index in [4.69, 9.17) is 0 Å². The summed E-state index contributed by atoms with van der Waals surface area (Å²) in [5.41, 5.74) is 1.46. The molecule has 326 valence electrons. The van der Waals surface area contributed by atoms with Gasteiger partial charge in [0.2, 0.25) is 0 Å². The molecule has 8 aliphatic carbocycles. The molecule has 8 fully saturated rings. The van der Waals surface area contributed by atoms with Crippen molar-refractivity contribution in [2.24, 2.45) is 116 Å². The zero-order valence-electron chi connectivity index (χ0n) is 39.0. The normalized spacial score (nSPS) is 52.4. The lowest BCUT2D eigenvalue weighted by atomic mass is 9.41. The second-order valence-corrected chi connectivity index (χ2v) is 24.3. The number of fused-ring (bicyclic) bond motifs is 10. The molecule has 0 aromatic rings. The van der Waals surface area contributed by atoms with E-state index in [0.717, 1.165) is 60.7 Å². The van der Waals surface area contributed by atoms with Gasteiger partial charge in [0.05, 0.1) is 6.10 Å². The molecule has 0 saturated heterocycles. The van der Waals surface area contributed by atoms with Gasteiger partial charge in [-0.2, -0.15) is 0 Å². The fraction of sp³-hybridized carbons (Fsp3) is 0.962. The molecule has 0 heterocycles. The van der Waals surface area contributed by atoms with Crippen molar-refractivity contribution in [1.29, 1.82) is 0 Å². The lowest BCUT2D eigenvalue weighted by Crippen LogP contribution is -2.61. The highest BCUT2D eigenvalue weighted by Gasteiger charge is 2.66. The van der Waals surface area contributed by atoms with Crippen molar-refractivity contribution in [3.8, 4) is 0 Å². The maximum atomic E-state index is 13.9. The Labute approximate surface area is 351 Å². The van der Waals surface area contributed by atoms with Crippen molar-refractivity contribution in [2.45, 2.75) is 204 Å². The fourth-order valence-electron chi connectivity index (χ4n) is 19.1. The van der Waals surface area contributed by atoms with Gasteiger partial charge < -0.3 is 10.2 Å². The molecule has 0 aromatic carbocycles. The number of carbonyl (C=O) groups is 2. The van der Waals surface area contributed by atoms with E-state index in [2.05, 4.69) is 76.2 Å². The number of carboxylic acids is 1. The van der Waals surface area contributed by atoms with Crippen LogP contribution in [0.2, 0.25) is 0 Å². The van der Waals surface area contributed by atoms with E-state index in [-0.39, 0.29) is 35.7 Å². The Hall–Kier alpha value is -0.900. The zero-order chi connectivity index (χ0) is 41.4. The summed E-state index contributed by atoms with van der Waals surface area (Å²) in [7, 11) is 0. The summed E-state index contributed by atoms with van der Waals surface area (Å²) < 4.78 is 0. The number of rotatable bonds is 8. The van der Waals surface area contributed by atoms with E-state index >= 15 is 0 Å². The summed E-state index contributed by atoms with van der Waals surface area (Å²) >= 11 is 0. The summed E-state index contributed by atoms with van der Waals surface area (Å²) in [5.74, 6) is 9.48. The largest absolute Gasteiger partial charge is 0.481 e. The van der Waals surface area contributed by atoms with Crippen LogP contribution in [0.4, 0.5) is 0 Å². The van der Waals surface area contributed by atoms with E-state index in [1.807, 2.05) is 0 Å². The zero-order valence-corrected chi connectivity index (χ0v) is 39.0. The van der Waals surface area contributed by atoms with Gasteiger partial charge in [0.15, 0.2) is 0 Å². The van der Waals surface area contributed by atoms with Crippen LogP contribution < -0.4 is 0 Å². The van der Waals surface area contributed by atoms with Gasteiger partial charge in [-0.25, -0.2) is 0 Å². The van der Waals surface area contributed by atoms with Gasteiger partial charge in [0.1, 0.15) is 5.78 Å². The van der Waals surface area contributed by atoms with E-state index in [0.29, 0.717) is 57.5 Å². The predicted molar refractivity (Wildman–Crippen MR) is 234 cm³/mol. The second kappa shape index (κ2) is 16.4. The van der Waals surface area contributed by atoms with Crippen LogP contribution in [-0.4, -0.2) is 28.1 Å². The molecule has 0 radical (unpaired) electrons. The third-order valence-corrected chi connectivity index (χ3v) is 21.9. The first-order valence-corrected chi connectivity index (χ1v) is 25.3. The average Bonchev–Trinajstić information content (AvgIpc) is 3.70. The Morgan fingerprint density at radius 3 is 1.72 bits per heavy atom. The van der Waals surface area contributed by atoms with Gasteiger partial charge in [-0.3, -0.25) is 9.59 Å². The van der Waals surface area contributed by atoms with Crippen molar-refractivity contribution < 1.29 is 19.8 Å². The maximum Gasteiger partial charge on any atom is 0.303 e. The third kappa shape index (κ3) is 7.08. The summed E-state index contributed by atoms with van der Waals surface area (Å²) in [4.78, 5) is 25.3. The van der Waals surface area contributed by atoms with Crippen LogP contribution in [0, 0.1) is 116 Å². The molecule has 21 atom stereocenters. The van der Waals surface area contributed by atoms with Crippen molar-refractivity contribution >= 4 is 11.8 Å². The minimum Gasteiger partial charge on any atom is -0.481 e. The smallest absolute Gasteiger partial charge is 0.303 e. The molecule has 8 rings (SSSR count). The topological polar surface area (TPSA) is 74.6 Å². The number of aliphatic carboxylic acids is 1. The van der Waals surface area contributed by atoms with Crippen LogP contribution in [0.5, 0.6) is 0 Å². The number of aliphatic hydroxyl groups is 1. The maximum absolute atomic E-state index is 13.9. The van der Waals surface area contributed by atoms with Crippen molar-refractivity contribution in [1.82, 2.24) is 0 Å². The molecule has 2 N–H and O–H groups in total. The van der Waals surface area contributed by atoms with Crippen LogP contribution in [0.25, 0.3) is 0 Å². The summed E-state index contributed by atoms with van der Waals surface area (Å²) in [6, 6.07) is 0. The van der Waals surface area contributed by atoms with Gasteiger partial charge in [-0.1, -0.05) is 108 Å². The number of Topliss-reactive ketones (excluding diaryl/α,β-unsaturated/α-hetero) is 1. The Kier molecular flexibility index (Phi) is 12.7. The van der Waals surface area contributed by atoms with E-state index in [9.17, 15) is 19.8 Å². The summed E-state index contributed by atoms with van der Waals surface area (Å²) in [6.45, 7) is 26.7. The minimum absolute atomic E-state index is 0.0387. The highest BCUT2D eigenvalue weighted by Crippen LogP contribution is 2.71. The molecule has 4 unspecified atom stereocenters. The fourth-order valence-corrected chi connectivity index (χ4v) is 19.1. The van der Waals surface area contributed by atoms with E-state index in [1.54, 1.807) is 0 Å². The molecule has 0 amide bonds. The molecule has 8 aliphatic rings. The van der Waals surface area contributed by atoms with Gasteiger partial charge >= 0.3 is 5.97 Å². The molecule has 0 spiro atoms. The first-order chi connectivity index (χ1) is 26.9. The van der Waals surface area contributed by atoms with Crippen molar-refractivity contribution in [2.75, 3.05) is 0 Å². The third-order valence-electron chi connectivity index (χ3n) is 21.9. The molecule has 4 nitrogen and oxygen atoms in total. The van der Waals surface area contributed by atoms with Crippen molar-refractivity contribution in [3.05, 3.63) is 0 Å². The number of aliphatic hydroxyl groups excluding tert-OH is 1. The molecule has 4 heteroatoms. The lowest BCUT2D eigenvalue weighted by molar-refractivity contribution is -0.198. The van der Waals surface area contributed by atoms with Crippen LogP contribution in [0.15, 0.2) is 0 Å². The van der Waals surface area contributed by atoms with Gasteiger partial charge in [-0.05, 0) is 188 Å². The van der Waals surface area contributed by atoms with E-state index in [1.165, 1.54) is 96.3 Å². The van der Waals surface area contributed by atoms with Crippen LogP contribution >= 0.6 is 0 Å². The lowest BCUT2D eigenvalue weighted by Gasteiger charge is -2.65. The quantitative estimate of drug-likeness (QED) is 0.257. The molecule has 57 heavy (non-hydrogen) atoms. The second-order valence-electron chi connectivity index (χ2n) is 24.3.